The summed E-state index contributed by atoms with van der Waals surface area (Å²) in [5.74, 6) is -2.09. The molecule has 0 aromatic heterocycles. The third-order valence-corrected chi connectivity index (χ3v) is 2.22. The second-order valence-corrected chi connectivity index (χ2v) is 3.88. The van der Waals surface area contributed by atoms with Gasteiger partial charge in [-0.2, -0.15) is 0 Å². The van der Waals surface area contributed by atoms with E-state index < -0.39 is 35.8 Å². The van der Waals surface area contributed by atoms with E-state index in [1.54, 1.807) is 0 Å². The van der Waals surface area contributed by atoms with Crippen LogP contribution < -0.4 is 11.1 Å². The van der Waals surface area contributed by atoms with Crippen LogP contribution in [0, 0.1) is 0 Å². The van der Waals surface area contributed by atoms with Gasteiger partial charge in [-0.05, 0) is 20.3 Å². The first-order valence-electron chi connectivity index (χ1n) is 5.22. The van der Waals surface area contributed by atoms with Crippen LogP contribution in [0.2, 0.25) is 0 Å². The van der Waals surface area contributed by atoms with Gasteiger partial charge in [0, 0.05) is 6.42 Å². The van der Waals surface area contributed by atoms with Gasteiger partial charge < -0.3 is 21.3 Å². The molecule has 0 saturated heterocycles. The molecule has 0 aliphatic rings. The second-order valence-electron chi connectivity index (χ2n) is 3.88. The van der Waals surface area contributed by atoms with Gasteiger partial charge in [0.25, 0.3) is 0 Å². The Morgan fingerprint density at radius 3 is 2.24 bits per heavy atom. The number of hydrogen-bond acceptors (Lipinski definition) is 5. The molecule has 1 amide bonds. The van der Waals surface area contributed by atoms with Crippen molar-refractivity contribution in [3.8, 4) is 0 Å². The molecular formula is C10H18N2O5. The Kier molecular flexibility index (Phi) is 6.37. The number of amides is 1. The molecule has 0 fully saturated rings. The van der Waals surface area contributed by atoms with Crippen molar-refractivity contribution in [2.24, 2.45) is 5.73 Å². The Labute approximate surface area is 99.0 Å². The number of Topliss-reactive ketones (excluding diaryl/α,β-unsaturated/α-hetero) is 1. The van der Waals surface area contributed by atoms with Crippen molar-refractivity contribution in [3.05, 3.63) is 0 Å². The molecule has 0 aromatic rings. The topological polar surface area (TPSA) is 130 Å². The minimum absolute atomic E-state index is 0.0222. The zero-order valence-corrected chi connectivity index (χ0v) is 9.84. The van der Waals surface area contributed by atoms with Gasteiger partial charge in [-0.3, -0.25) is 14.4 Å². The molecule has 98 valence electrons. The Morgan fingerprint density at radius 1 is 1.35 bits per heavy atom. The summed E-state index contributed by atoms with van der Waals surface area (Å²) in [5, 5.41) is 20.0. The molecule has 7 heteroatoms. The number of carboxylic acids is 1. The number of aliphatic hydroxyl groups is 1. The highest BCUT2D eigenvalue weighted by atomic mass is 16.4. The van der Waals surface area contributed by atoms with E-state index in [0.29, 0.717) is 0 Å². The number of carbonyl (C=O) groups excluding carboxylic acids is 2. The maximum Gasteiger partial charge on any atom is 0.303 e. The average molecular weight is 246 g/mol. The summed E-state index contributed by atoms with van der Waals surface area (Å²) in [6.45, 7) is 2.61. The van der Waals surface area contributed by atoms with Crippen LogP contribution in [0.5, 0.6) is 0 Å². The Hall–Kier alpha value is -1.47. The predicted octanol–water partition coefficient (Wildman–Crippen LogP) is -1.37. The standard InChI is InChI=1S/C10H18N2O5/c1-5(13)9(6(2)14)12-10(17)7(11)3-4-8(15)16/h5,7,9,13H,3-4,11H2,1-2H3,(H,12,17)(H,15,16). The highest BCUT2D eigenvalue weighted by Gasteiger charge is 2.24. The van der Waals surface area contributed by atoms with Gasteiger partial charge in [-0.25, -0.2) is 0 Å². The molecule has 3 atom stereocenters. The van der Waals surface area contributed by atoms with Crippen LogP contribution in [0.4, 0.5) is 0 Å². The molecule has 0 bridgehead atoms. The lowest BCUT2D eigenvalue weighted by Crippen LogP contribution is -2.52. The molecule has 0 rings (SSSR count). The normalized spacial score (nSPS) is 15.8. The minimum atomic E-state index is -1.05. The van der Waals surface area contributed by atoms with Crippen molar-refractivity contribution in [2.45, 2.75) is 44.9 Å². The highest BCUT2D eigenvalue weighted by Crippen LogP contribution is 1.99. The van der Waals surface area contributed by atoms with Crippen LogP contribution in [0.25, 0.3) is 0 Å². The smallest absolute Gasteiger partial charge is 0.303 e. The van der Waals surface area contributed by atoms with E-state index in [1.165, 1.54) is 13.8 Å². The van der Waals surface area contributed by atoms with Gasteiger partial charge in [0.15, 0.2) is 5.78 Å². The summed E-state index contributed by atoms with van der Waals surface area (Å²) >= 11 is 0. The number of carbonyl (C=O) groups is 3. The van der Waals surface area contributed by atoms with Crippen LogP contribution in [-0.2, 0) is 14.4 Å². The van der Waals surface area contributed by atoms with Gasteiger partial charge in [-0.15, -0.1) is 0 Å². The zero-order chi connectivity index (χ0) is 13.6. The zero-order valence-electron chi connectivity index (χ0n) is 9.84. The number of hydrogen-bond donors (Lipinski definition) is 4. The fourth-order valence-electron chi connectivity index (χ4n) is 1.23. The van der Waals surface area contributed by atoms with E-state index in [1.807, 2.05) is 0 Å². The molecule has 0 saturated carbocycles. The molecule has 7 nitrogen and oxygen atoms in total. The molecule has 0 spiro atoms. The molecule has 3 unspecified atom stereocenters. The molecule has 17 heavy (non-hydrogen) atoms. The number of nitrogens with two attached hydrogens (primary N) is 1. The van der Waals surface area contributed by atoms with E-state index in [4.69, 9.17) is 10.8 Å². The number of carboxylic acid groups (broad SMARTS) is 1. The molecule has 0 aromatic carbocycles. The van der Waals surface area contributed by atoms with E-state index in [-0.39, 0.29) is 12.8 Å². The van der Waals surface area contributed by atoms with Gasteiger partial charge in [0.05, 0.1) is 12.1 Å². The molecule has 0 heterocycles. The summed E-state index contributed by atoms with van der Waals surface area (Å²) in [6.07, 6.45) is -1.28. The Morgan fingerprint density at radius 2 is 1.88 bits per heavy atom. The third-order valence-electron chi connectivity index (χ3n) is 2.22. The quantitative estimate of drug-likeness (QED) is 0.438. The van der Waals surface area contributed by atoms with Gasteiger partial charge in [0.2, 0.25) is 5.91 Å². The first kappa shape index (κ1) is 15.5. The molecular weight excluding hydrogens is 228 g/mol. The summed E-state index contributed by atoms with van der Waals surface area (Å²) in [4.78, 5) is 32.9. The highest BCUT2D eigenvalue weighted by molar-refractivity contribution is 5.90. The Bertz CT molecular complexity index is 303. The minimum Gasteiger partial charge on any atom is -0.481 e. The number of rotatable bonds is 7. The first-order chi connectivity index (χ1) is 7.75. The van der Waals surface area contributed by atoms with E-state index in [2.05, 4.69) is 5.32 Å². The average Bonchev–Trinajstić information content (AvgIpc) is 2.20. The fraction of sp³-hybridized carbons (Fsp3) is 0.700. The molecule has 5 N–H and O–H groups in total. The van der Waals surface area contributed by atoms with Crippen molar-refractivity contribution < 1.29 is 24.6 Å². The van der Waals surface area contributed by atoms with Crippen LogP contribution in [-0.4, -0.2) is 46.1 Å². The lowest BCUT2D eigenvalue weighted by molar-refractivity contribution is -0.137. The molecule has 0 aliphatic carbocycles. The summed E-state index contributed by atoms with van der Waals surface area (Å²) < 4.78 is 0. The van der Waals surface area contributed by atoms with Crippen LogP contribution in [0.15, 0.2) is 0 Å². The van der Waals surface area contributed by atoms with Crippen molar-refractivity contribution in [1.29, 1.82) is 0 Å². The maximum absolute atomic E-state index is 11.5. The number of aliphatic hydroxyl groups excluding tert-OH is 1. The first-order valence-corrected chi connectivity index (χ1v) is 5.22. The van der Waals surface area contributed by atoms with Crippen molar-refractivity contribution in [1.82, 2.24) is 5.32 Å². The van der Waals surface area contributed by atoms with E-state index in [9.17, 15) is 19.5 Å². The van der Waals surface area contributed by atoms with Crippen molar-refractivity contribution in [2.75, 3.05) is 0 Å². The SMILES string of the molecule is CC(=O)C(NC(=O)C(N)CCC(=O)O)C(C)O. The van der Waals surface area contributed by atoms with Crippen LogP contribution >= 0.6 is 0 Å². The maximum atomic E-state index is 11.5. The second kappa shape index (κ2) is 6.97. The van der Waals surface area contributed by atoms with Gasteiger partial charge in [0.1, 0.15) is 6.04 Å². The molecule has 0 aliphatic heterocycles. The summed E-state index contributed by atoms with van der Waals surface area (Å²) in [6, 6.07) is -2.02. The van der Waals surface area contributed by atoms with Gasteiger partial charge >= 0.3 is 5.97 Å². The van der Waals surface area contributed by atoms with Gasteiger partial charge in [-0.1, -0.05) is 0 Å². The number of nitrogens with one attached hydrogen (secondary N) is 1. The lowest BCUT2D eigenvalue weighted by atomic mass is 10.1. The number of ketones is 1. The largest absolute Gasteiger partial charge is 0.481 e. The van der Waals surface area contributed by atoms with Crippen LogP contribution in [0.1, 0.15) is 26.7 Å². The summed E-state index contributed by atoms with van der Waals surface area (Å²) in [5.41, 5.74) is 5.45. The summed E-state index contributed by atoms with van der Waals surface area (Å²) in [7, 11) is 0. The number of aliphatic carboxylic acids is 1. The van der Waals surface area contributed by atoms with E-state index in [0.717, 1.165) is 0 Å². The fourth-order valence-corrected chi connectivity index (χ4v) is 1.23. The Balaban J connectivity index is 4.31. The molecule has 0 radical (unpaired) electrons. The van der Waals surface area contributed by atoms with Crippen LogP contribution in [0.3, 0.4) is 0 Å². The third kappa shape index (κ3) is 5.98. The van der Waals surface area contributed by atoms with E-state index >= 15 is 0 Å². The van der Waals surface area contributed by atoms with Crippen molar-refractivity contribution in [3.63, 3.8) is 0 Å². The van der Waals surface area contributed by atoms with Crippen molar-refractivity contribution >= 4 is 17.7 Å². The monoisotopic (exact) mass is 246 g/mol. The predicted molar refractivity (Wildman–Crippen MR) is 59.1 cm³/mol. The lowest BCUT2D eigenvalue weighted by Gasteiger charge is -2.20.